The van der Waals surface area contributed by atoms with Gasteiger partial charge in [-0.3, -0.25) is 14.9 Å². The van der Waals surface area contributed by atoms with E-state index in [9.17, 15) is 14.9 Å². The van der Waals surface area contributed by atoms with Crippen molar-refractivity contribution in [3.05, 3.63) is 75.8 Å². The van der Waals surface area contributed by atoms with Gasteiger partial charge >= 0.3 is 0 Å². The zero-order chi connectivity index (χ0) is 15.2. The fourth-order valence-electron chi connectivity index (χ4n) is 1.73. The number of carbonyl (C=O) groups excluding carboxylic acids is 1. The van der Waals surface area contributed by atoms with Gasteiger partial charge in [0.05, 0.1) is 12.0 Å². The number of carbonyl (C=O) groups is 1. The van der Waals surface area contributed by atoms with Gasteiger partial charge in [0.1, 0.15) is 5.75 Å². The van der Waals surface area contributed by atoms with Crippen LogP contribution in [-0.2, 0) is 0 Å². The SMILES string of the molecule is COc1ccc(/C=C/C(=O)c2ccc([N+](=O)[O-])cc2)cc1. The topological polar surface area (TPSA) is 69.4 Å². The first-order valence-corrected chi connectivity index (χ1v) is 6.21. The summed E-state index contributed by atoms with van der Waals surface area (Å²) in [6, 6.07) is 12.8. The van der Waals surface area contributed by atoms with Gasteiger partial charge in [-0.2, -0.15) is 0 Å². The number of ketones is 1. The number of hydrogen-bond donors (Lipinski definition) is 0. The van der Waals surface area contributed by atoms with Gasteiger partial charge in [0, 0.05) is 17.7 Å². The molecule has 5 nitrogen and oxygen atoms in total. The third-order valence-electron chi connectivity index (χ3n) is 2.91. The standard InChI is InChI=1S/C16H13NO4/c1-21-15-9-2-12(3-10-15)4-11-16(18)13-5-7-14(8-6-13)17(19)20/h2-11H,1H3/b11-4+. The molecule has 0 unspecified atom stereocenters. The molecule has 0 aromatic heterocycles. The number of nitro groups is 1. The summed E-state index contributed by atoms with van der Waals surface area (Å²) in [6.45, 7) is 0. The minimum atomic E-state index is -0.499. The van der Waals surface area contributed by atoms with Crippen LogP contribution in [0.25, 0.3) is 6.08 Å². The molecule has 0 aliphatic heterocycles. The molecule has 0 aliphatic rings. The minimum Gasteiger partial charge on any atom is -0.497 e. The van der Waals surface area contributed by atoms with Gasteiger partial charge in [-0.25, -0.2) is 0 Å². The Hall–Kier alpha value is -2.95. The normalized spacial score (nSPS) is 10.5. The summed E-state index contributed by atoms with van der Waals surface area (Å²) < 4.78 is 5.05. The van der Waals surface area contributed by atoms with Crippen molar-refractivity contribution in [2.45, 2.75) is 0 Å². The Morgan fingerprint density at radius 1 is 1.10 bits per heavy atom. The van der Waals surface area contributed by atoms with E-state index in [0.29, 0.717) is 5.56 Å². The van der Waals surface area contributed by atoms with Crippen molar-refractivity contribution < 1.29 is 14.5 Å². The molecule has 2 aromatic carbocycles. The van der Waals surface area contributed by atoms with Gasteiger partial charge in [0.2, 0.25) is 0 Å². The molecule has 0 N–H and O–H groups in total. The van der Waals surface area contributed by atoms with Crippen molar-refractivity contribution in [1.82, 2.24) is 0 Å². The van der Waals surface area contributed by atoms with E-state index in [1.807, 2.05) is 12.1 Å². The summed E-state index contributed by atoms with van der Waals surface area (Å²) in [6.07, 6.45) is 3.12. The van der Waals surface area contributed by atoms with Crippen LogP contribution in [0.15, 0.2) is 54.6 Å². The van der Waals surface area contributed by atoms with E-state index in [1.165, 1.54) is 30.3 Å². The maximum Gasteiger partial charge on any atom is 0.269 e. The number of rotatable bonds is 5. The molecule has 0 spiro atoms. The number of non-ortho nitro benzene ring substituents is 1. The van der Waals surface area contributed by atoms with E-state index in [2.05, 4.69) is 0 Å². The van der Waals surface area contributed by atoms with Crippen LogP contribution in [0, 0.1) is 10.1 Å². The highest BCUT2D eigenvalue weighted by Crippen LogP contribution is 2.15. The predicted octanol–water partition coefficient (Wildman–Crippen LogP) is 3.50. The lowest BCUT2D eigenvalue weighted by Gasteiger charge is -1.99. The number of benzene rings is 2. The highest BCUT2D eigenvalue weighted by Gasteiger charge is 2.07. The number of allylic oxidation sites excluding steroid dienone is 1. The molecule has 0 saturated heterocycles. The molecule has 2 aromatic rings. The van der Waals surface area contributed by atoms with Gasteiger partial charge in [0.15, 0.2) is 5.78 Å². The third kappa shape index (κ3) is 3.76. The first-order valence-electron chi connectivity index (χ1n) is 6.21. The van der Waals surface area contributed by atoms with Crippen LogP contribution in [0.5, 0.6) is 5.75 Å². The number of ether oxygens (including phenoxy) is 1. The molecule has 0 radical (unpaired) electrons. The van der Waals surface area contributed by atoms with Crippen LogP contribution in [-0.4, -0.2) is 17.8 Å². The van der Waals surface area contributed by atoms with Crippen LogP contribution in [0.2, 0.25) is 0 Å². The molecule has 2 rings (SSSR count). The van der Waals surface area contributed by atoms with Crippen molar-refractivity contribution in [1.29, 1.82) is 0 Å². The molecule has 0 fully saturated rings. The average molecular weight is 283 g/mol. The van der Waals surface area contributed by atoms with Gasteiger partial charge in [-0.15, -0.1) is 0 Å². The number of nitro benzene ring substituents is 1. The van der Waals surface area contributed by atoms with E-state index < -0.39 is 4.92 Å². The van der Waals surface area contributed by atoms with Crippen LogP contribution in [0.3, 0.4) is 0 Å². The van der Waals surface area contributed by atoms with Crippen LogP contribution < -0.4 is 4.74 Å². The van der Waals surface area contributed by atoms with Gasteiger partial charge in [-0.1, -0.05) is 18.2 Å². The summed E-state index contributed by atoms with van der Waals surface area (Å²) in [5, 5.41) is 10.5. The Labute approximate surface area is 121 Å². The highest BCUT2D eigenvalue weighted by molar-refractivity contribution is 6.06. The van der Waals surface area contributed by atoms with Crippen molar-refractivity contribution in [2.75, 3.05) is 7.11 Å². The molecule has 0 saturated carbocycles. The zero-order valence-corrected chi connectivity index (χ0v) is 11.4. The lowest BCUT2D eigenvalue weighted by molar-refractivity contribution is -0.384. The summed E-state index contributed by atoms with van der Waals surface area (Å²) in [5.41, 5.74) is 1.24. The van der Waals surface area contributed by atoms with Crippen LogP contribution in [0.4, 0.5) is 5.69 Å². The summed E-state index contributed by atoms with van der Waals surface area (Å²) in [7, 11) is 1.59. The monoisotopic (exact) mass is 283 g/mol. The Balaban J connectivity index is 2.09. The third-order valence-corrected chi connectivity index (χ3v) is 2.91. The van der Waals surface area contributed by atoms with E-state index in [4.69, 9.17) is 4.74 Å². The molecule has 106 valence electrons. The smallest absolute Gasteiger partial charge is 0.269 e. The second-order valence-corrected chi connectivity index (χ2v) is 4.27. The average Bonchev–Trinajstić information content (AvgIpc) is 2.53. The lowest BCUT2D eigenvalue weighted by Crippen LogP contribution is -1.95. The van der Waals surface area contributed by atoms with Crippen molar-refractivity contribution >= 4 is 17.5 Å². The largest absolute Gasteiger partial charge is 0.497 e. The fourth-order valence-corrected chi connectivity index (χ4v) is 1.73. The number of hydrogen-bond acceptors (Lipinski definition) is 4. The minimum absolute atomic E-state index is 0.0364. The van der Waals surface area contributed by atoms with E-state index in [-0.39, 0.29) is 11.5 Å². The first-order chi connectivity index (χ1) is 10.1. The zero-order valence-electron chi connectivity index (χ0n) is 11.4. The van der Waals surface area contributed by atoms with E-state index >= 15 is 0 Å². The molecule has 0 aliphatic carbocycles. The summed E-state index contributed by atoms with van der Waals surface area (Å²) in [5.74, 6) is 0.537. The Morgan fingerprint density at radius 3 is 2.24 bits per heavy atom. The molecular weight excluding hydrogens is 270 g/mol. The maximum atomic E-state index is 11.9. The molecular formula is C16H13NO4. The van der Waals surface area contributed by atoms with Crippen molar-refractivity contribution in [3.63, 3.8) is 0 Å². The number of nitrogens with zero attached hydrogens (tertiary/aromatic N) is 1. The van der Waals surface area contributed by atoms with E-state index in [1.54, 1.807) is 25.3 Å². The fraction of sp³-hybridized carbons (Fsp3) is 0.0625. The van der Waals surface area contributed by atoms with Crippen LogP contribution >= 0.6 is 0 Å². The molecule has 0 atom stereocenters. The van der Waals surface area contributed by atoms with Crippen LogP contribution in [0.1, 0.15) is 15.9 Å². The van der Waals surface area contributed by atoms with Gasteiger partial charge in [-0.05, 0) is 35.9 Å². The Morgan fingerprint density at radius 2 is 1.71 bits per heavy atom. The van der Waals surface area contributed by atoms with Crippen molar-refractivity contribution in [2.24, 2.45) is 0 Å². The second kappa shape index (κ2) is 6.47. The van der Waals surface area contributed by atoms with Crippen molar-refractivity contribution in [3.8, 4) is 5.75 Å². The van der Waals surface area contributed by atoms with Gasteiger partial charge < -0.3 is 4.74 Å². The Kier molecular flexibility index (Phi) is 4.46. The second-order valence-electron chi connectivity index (χ2n) is 4.27. The molecule has 0 amide bonds. The highest BCUT2D eigenvalue weighted by atomic mass is 16.6. The molecule has 0 bridgehead atoms. The molecule has 5 heteroatoms. The van der Waals surface area contributed by atoms with E-state index in [0.717, 1.165) is 11.3 Å². The maximum absolute atomic E-state index is 11.9. The van der Waals surface area contributed by atoms with Gasteiger partial charge in [0.25, 0.3) is 5.69 Å². The Bertz CT molecular complexity index is 672. The lowest BCUT2D eigenvalue weighted by atomic mass is 10.1. The number of methoxy groups -OCH3 is 1. The quantitative estimate of drug-likeness (QED) is 0.364. The molecule has 21 heavy (non-hydrogen) atoms. The summed E-state index contributed by atoms with van der Waals surface area (Å²) >= 11 is 0. The molecule has 0 heterocycles. The summed E-state index contributed by atoms with van der Waals surface area (Å²) in [4.78, 5) is 22.0. The first kappa shape index (κ1) is 14.5. The predicted molar refractivity (Wildman–Crippen MR) is 79.5 cm³/mol.